The molecule has 0 radical (unpaired) electrons. The molecule has 0 saturated carbocycles. The molecular formula is C29H37F2N3O8P2S2. The van der Waals surface area contributed by atoms with Crippen LogP contribution < -0.4 is 16.0 Å². The van der Waals surface area contributed by atoms with Gasteiger partial charge in [-0.3, -0.25) is 14.4 Å². The highest BCUT2D eigenvalue weighted by Gasteiger charge is 2.33. The zero-order chi connectivity index (χ0) is 33.5. The van der Waals surface area contributed by atoms with Gasteiger partial charge in [0, 0.05) is 43.1 Å². The molecule has 1 aliphatic rings. The number of benzene rings is 2. The van der Waals surface area contributed by atoms with Crippen LogP contribution in [0.4, 0.5) is 18.9 Å². The minimum Gasteiger partial charge on any atom is -0.433 e. The van der Waals surface area contributed by atoms with Gasteiger partial charge in [0.15, 0.2) is 8.09 Å². The van der Waals surface area contributed by atoms with Gasteiger partial charge in [-0.2, -0.15) is 4.20 Å². The van der Waals surface area contributed by atoms with Gasteiger partial charge in [0.1, 0.15) is 12.7 Å². The van der Waals surface area contributed by atoms with Gasteiger partial charge in [0.2, 0.25) is 11.8 Å². The van der Waals surface area contributed by atoms with Crippen LogP contribution in [0, 0.1) is 0 Å². The van der Waals surface area contributed by atoms with Gasteiger partial charge in [-0.15, -0.1) is 0 Å². The van der Waals surface area contributed by atoms with Gasteiger partial charge in [0.05, 0.1) is 24.9 Å². The van der Waals surface area contributed by atoms with Gasteiger partial charge >= 0.3 is 6.16 Å². The zero-order valence-corrected chi connectivity index (χ0v) is 28.9. The van der Waals surface area contributed by atoms with E-state index in [0.717, 1.165) is 16.7 Å². The Kier molecular flexibility index (Phi) is 16.5. The first-order valence-corrected chi connectivity index (χ1v) is 19.2. The summed E-state index contributed by atoms with van der Waals surface area (Å²) < 4.78 is 45.4. The number of thiol groups is 1. The summed E-state index contributed by atoms with van der Waals surface area (Å²) in [5.41, 5.74) is 3.82. The molecule has 252 valence electrons. The molecule has 3 amide bonds. The number of amides is 3. The molecule has 0 bridgehead atoms. The molecule has 0 aromatic heterocycles. The minimum absolute atomic E-state index is 0.00736. The third kappa shape index (κ3) is 11.9. The van der Waals surface area contributed by atoms with E-state index in [1.807, 2.05) is 13.0 Å². The number of hydrogen-bond donors (Lipinski definition) is 4. The number of carbonyl (C=O) groups excluding carboxylic acids is 4. The van der Waals surface area contributed by atoms with Crippen molar-refractivity contribution < 1.29 is 45.8 Å². The number of nitrogens with one attached hydrogen (secondary N) is 3. The van der Waals surface area contributed by atoms with E-state index in [1.165, 1.54) is 0 Å². The van der Waals surface area contributed by atoms with E-state index in [1.54, 1.807) is 37.3 Å². The van der Waals surface area contributed by atoms with E-state index in [0.29, 0.717) is 41.3 Å². The lowest BCUT2D eigenvalue weighted by molar-refractivity contribution is -0.121. The van der Waals surface area contributed by atoms with Crippen molar-refractivity contribution in [2.45, 2.75) is 51.6 Å². The number of carbonyl (C=O) groups is 4. The van der Waals surface area contributed by atoms with Crippen molar-refractivity contribution in [3.8, 4) is 11.1 Å². The minimum atomic E-state index is -2.28. The lowest BCUT2D eigenvalue weighted by Gasteiger charge is -2.16. The quantitative estimate of drug-likeness (QED) is 0.0398. The van der Waals surface area contributed by atoms with E-state index in [4.69, 9.17) is 13.7 Å². The molecule has 3 rings (SSSR count). The number of hydrogen-bond acceptors (Lipinski definition) is 10. The number of fused-ring (bicyclic) bond motifs is 3. The Balaban J connectivity index is 1.72. The molecule has 0 aliphatic heterocycles. The van der Waals surface area contributed by atoms with Crippen molar-refractivity contribution in [2.24, 2.45) is 0 Å². The van der Waals surface area contributed by atoms with Gasteiger partial charge in [-0.1, -0.05) is 37.4 Å². The molecule has 0 saturated heterocycles. The maximum atomic E-state index is 13.2. The van der Waals surface area contributed by atoms with Crippen molar-refractivity contribution in [1.29, 1.82) is 0 Å². The lowest BCUT2D eigenvalue weighted by atomic mass is 9.96. The molecular weight excluding hydrogens is 682 g/mol. The molecule has 0 spiro atoms. The fourth-order valence-corrected chi connectivity index (χ4v) is 5.77. The molecule has 2 aromatic rings. The number of halogens is 2. The molecule has 0 heterocycles. The summed E-state index contributed by atoms with van der Waals surface area (Å²) >= 11 is 4.20. The Labute approximate surface area is 278 Å². The molecule has 3 N–H and O–H groups in total. The molecule has 4 atom stereocenters. The molecule has 2 aromatic carbocycles. The predicted octanol–water partition coefficient (Wildman–Crippen LogP) is 6.99. The largest absolute Gasteiger partial charge is 0.508 e. The fraction of sp³-hybridized carbons (Fsp3) is 0.448. The fourth-order valence-electron chi connectivity index (χ4n) is 4.69. The molecule has 11 nitrogen and oxygen atoms in total. The van der Waals surface area contributed by atoms with Crippen molar-refractivity contribution in [3.05, 3.63) is 53.1 Å². The second kappa shape index (κ2) is 20.0. The Morgan fingerprint density at radius 1 is 1.07 bits per heavy atom. The summed E-state index contributed by atoms with van der Waals surface area (Å²) in [6.07, 6.45) is -0.0106. The smallest absolute Gasteiger partial charge is 0.433 e. The van der Waals surface area contributed by atoms with Gasteiger partial charge in [0.25, 0.3) is 13.6 Å². The first kappa shape index (κ1) is 37.9. The van der Waals surface area contributed by atoms with Gasteiger partial charge in [-0.05, 0) is 60.2 Å². The van der Waals surface area contributed by atoms with Crippen molar-refractivity contribution in [1.82, 2.24) is 10.6 Å². The van der Waals surface area contributed by atoms with E-state index >= 15 is 0 Å². The standard InChI is InChI=1S/C29H37F2N3O8P2S2/c1-3-18(2)42-29(38)39-17-24-20-6-4-7-22(28(37)33-13-15-41-46-43-30)27(20)21-11-10-19(16-23(21)24)34-26(36)9-5-8-25(35)32-12-14-40-44(31)45/h4,6-7,10-11,16,18,24,43,45H,3,5,8-9,12-15,17H2,1-2H3,(H,32,35)(H,33,37)(H,34,36). The van der Waals surface area contributed by atoms with Crippen LogP contribution in [-0.2, 0) is 27.8 Å². The van der Waals surface area contributed by atoms with Crippen molar-refractivity contribution in [3.63, 3.8) is 0 Å². The van der Waals surface area contributed by atoms with Crippen LogP contribution in [0.15, 0.2) is 36.4 Å². The van der Waals surface area contributed by atoms with E-state index in [-0.39, 0.29) is 69.6 Å². The summed E-state index contributed by atoms with van der Waals surface area (Å²) in [7, 11) is -3.19. The third-order valence-corrected chi connectivity index (χ3v) is 8.56. The maximum absolute atomic E-state index is 13.2. The molecule has 17 heteroatoms. The Morgan fingerprint density at radius 3 is 2.57 bits per heavy atom. The van der Waals surface area contributed by atoms with Crippen LogP contribution in [-0.4, -0.2) is 62.9 Å². The van der Waals surface area contributed by atoms with Crippen molar-refractivity contribution >= 4 is 69.2 Å². The summed E-state index contributed by atoms with van der Waals surface area (Å²) in [5, 5.41) is 8.22. The highest BCUT2D eigenvalue weighted by Crippen LogP contribution is 2.47. The van der Waals surface area contributed by atoms with E-state index < -0.39 is 27.8 Å². The monoisotopic (exact) mass is 719 g/mol. The Morgan fingerprint density at radius 2 is 1.83 bits per heavy atom. The molecule has 46 heavy (non-hydrogen) atoms. The number of ether oxygens (including phenoxy) is 2. The SMILES string of the molecule is CCC(C)OC(=O)OCC1c2cc(NC(=O)CCCC(=O)NCCOP(F)S)ccc2-c2c(C(=O)NCCOSPF)cccc21. The normalized spacial score (nSPS) is 14.7. The van der Waals surface area contributed by atoms with Crippen LogP contribution in [0.25, 0.3) is 11.1 Å². The van der Waals surface area contributed by atoms with E-state index in [9.17, 15) is 27.6 Å². The van der Waals surface area contributed by atoms with Crippen LogP contribution >= 0.6 is 39.7 Å². The van der Waals surface area contributed by atoms with Gasteiger partial charge in [-0.25, -0.2) is 8.99 Å². The number of rotatable bonds is 19. The molecule has 4 unspecified atom stereocenters. The van der Waals surface area contributed by atoms with Gasteiger partial charge < -0.3 is 34.1 Å². The van der Waals surface area contributed by atoms with Crippen LogP contribution in [0.2, 0.25) is 0 Å². The highest BCUT2D eigenvalue weighted by molar-refractivity contribution is 8.45. The zero-order valence-electron chi connectivity index (χ0n) is 25.3. The van der Waals surface area contributed by atoms with Crippen molar-refractivity contribution in [2.75, 3.05) is 38.2 Å². The highest BCUT2D eigenvalue weighted by atomic mass is 32.7. The Bertz CT molecular complexity index is 1360. The average Bonchev–Trinajstić information content (AvgIpc) is 3.34. The summed E-state index contributed by atoms with van der Waals surface area (Å²) in [4.78, 5) is 50.2. The maximum Gasteiger partial charge on any atom is 0.508 e. The first-order valence-electron chi connectivity index (χ1n) is 14.5. The summed E-state index contributed by atoms with van der Waals surface area (Å²) in [5.74, 6) is -1.38. The average molecular weight is 720 g/mol. The Hall–Kier alpha value is -2.54. The third-order valence-electron chi connectivity index (χ3n) is 6.93. The predicted molar refractivity (Wildman–Crippen MR) is 180 cm³/mol. The second-order valence-electron chi connectivity index (χ2n) is 10.1. The molecule has 0 fully saturated rings. The van der Waals surface area contributed by atoms with Crippen LogP contribution in [0.5, 0.6) is 0 Å². The number of anilines is 1. The molecule has 1 aliphatic carbocycles. The summed E-state index contributed by atoms with van der Waals surface area (Å²) in [6, 6.07) is 10.6. The lowest BCUT2D eigenvalue weighted by Crippen LogP contribution is -2.27. The van der Waals surface area contributed by atoms with E-state index in [2.05, 4.69) is 32.7 Å². The topological polar surface area (TPSA) is 141 Å². The first-order chi connectivity index (χ1) is 22.1. The second-order valence-corrected chi connectivity index (χ2v) is 13.2. The summed E-state index contributed by atoms with van der Waals surface area (Å²) in [6.45, 7) is 4.05. The van der Waals surface area contributed by atoms with Crippen LogP contribution in [0.1, 0.15) is 66.9 Å². The van der Waals surface area contributed by atoms with Crippen LogP contribution in [0.3, 0.4) is 0 Å².